The van der Waals surface area contributed by atoms with Crippen molar-refractivity contribution in [3.8, 4) is 0 Å². The molecule has 1 saturated carbocycles. The normalized spacial score (nSPS) is 23.3. The Kier molecular flexibility index (Phi) is 2.51. The minimum atomic E-state index is -3.29. The highest BCUT2D eigenvalue weighted by Gasteiger charge is 2.47. The Balaban J connectivity index is 3.17. The SMILES string of the molecule is CS(=O)(=O)C1(/C(N)=N/O)CCCC1. The fourth-order valence-electron chi connectivity index (χ4n) is 1.85. The predicted molar refractivity (Wildman–Crippen MR) is 49.5 cm³/mol. The van der Waals surface area contributed by atoms with Crippen molar-refractivity contribution in [1.29, 1.82) is 0 Å². The zero-order chi connectivity index (χ0) is 10.1. The van der Waals surface area contributed by atoms with Crippen molar-refractivity contribution in [1.82, 2.24) is 0 Å². The van der Waals surface area contributed by atoms with Gasteiger partial charge in [-0.3, -0.25) is 0 Å². The van der Waals surface area contributed by atoms with Crippen molar-refractivity contribution in [3.05, 3.63) is 0 Å². The summed E-state index contributed by atoms with van der Waals surface area (Å²) in [6.07, 6.45) is 3.67. The molecular formula is C7H14N2O3S. The lowest BCUT2D eigenvalue weighted by Gasteiger charge is -2.24. The number of rotatable bonds is 2. The van der Waals surface area contributed by atoms with Gasteiger partial charge >= 0.3 is 0 Å². The molecule has 0 aromatic carbocycles. The highest BCUT2D eigenvalue weighted by molar-refractivity contribution is 7.92. The lowest BCUT2D eigenvalue weighted by atomic mass is 10.1. The molecule has 6 heteroatoms. The minimum Gasteiger partial charge on any atom is -0.409 e. The van der Waals surface area contributed by atoms with Gasteiger partial charge in [0, 0.05) is 6.26 Å². The molecular weight excluding hydrogens is 192 g/mol. The van der Waals surface area contributed by atoms with Gasteiger partial charge in [0.1, 0.15) is 4.75 Å². The van der Waals surface area contributed by atoms with Gasteiger partial charge in [-0.15, -0.1) is 0 Å². The van der Waals surface area contributed by atoms with E-state index < -0.39 is 14.6 Å². The van der Waals surface area contributed by atoms with Crippen molar-refractivity contribution in [2.45, 2.75) is 30.4 Å². The van der Waals surface area contributed by atoms with Crippen LogP contribution in [0.3, 0.4) is 0 Å². The molecule has 0 saturated heterocycles. The summed E-state index contributed by atoms with van der Waals surface area (Å²) in [7, 11) is -3.29. The summed E-state index contributed by atoms with van der Waals surface area (Å²) in [4.78, 5) is 0. The largest absolute Gasteiger partial charge is 0.409 e. The fraction of sp³-hybridized carbons (Fsp3) is 0.857. The number of nitrogens with two attached hydrogens (primary N) is 1. The molecule has 0 unspecified atom stereocenters. The number of sulfone groups is 1. The second-order valence-corrected chi connectivity index (χ2v) is 5.78. The third-order valence-corrected chi connectivity index (χ3v) is 4.73. The summed E-state index contributed by atoms with van der Waals surface area (Å²) >= 11 is 0. The maximum absolute atomic E-state index is 11.5. The van der Waals surface area contributed by atoms with E-state index in [-0.39, 0.29) is 5.84 Å². The lowest BCUT2D eigenvalue weighted by molar-refractivity contribution is 0.314. The van der Waals surface area contributed by atoms with Gasteiger partial charge in [-0.25, -0.2) is 8.42 Å². The van der Waals surface area contributed by atoms with Crippen LogP contribution in [-0.4, -0.2) is 30.5 Å². The Hall–Kier alpha value is -0.780. The van der Waals surface area contributed by atoms with Crippen LogP contribution >= 0.6 is 0 Å². The maximum atomic E-state index is 11.5. The molecule has 1 aliphatic carbocycles. The van der Waals surface area contributed by atoms with Crippen LogP contribution in [0.2, 0.25) is 0 Å². The first-order valence-corrected chi connectivity index (χ1v) is 6.01. The standard InChI is InChI=1S/C7H14N2O3S/c1-13(11,12)7(6(8)9-10)4-2-3-5-7/h10H,2-5H2,1H3,(H2,8,9). The van der Waals surface area contributed by atoms with Crippen LogP contribution in [0.25, 0.3) is 0 Å². The first-order valence-electron chi connectivity index (χ1n) is 4.12. The molecule has 0 spiro atoms. The first-order chi connectivity index (χ1) is 5.94. The smallest absolute Gasteiger partial charge is 0.160 e. The number of hydrogen-bond donors (Lipinski definition) is 2. The monoisotopic (exact) mass is 206 g/mol. The third kappa shape index (κ3) is 1.50. The van der Waals surface area contributed by atoms with Gasteiger partial charge in [0.05, 0.1) is 0 Å². The topological polar surface area (TPSA) is 92.8 Å². The van der Waals surface area contributed by atoms with Crippen LogP contribution in [0.1, 0.15) is 25.7 Å². The third-order valence-electron chi connectivity index (χ3n) is 2.70. The molecule has 13 heavy (non-hydrogen) atoms. The number of nitrogens with zero attached hydrogens (tertiary/aromatic N) is 1. The summed E-state index contributed by atoms with van der Waals surface area (Å²) in [6.45, 7) is 0. The number of oxime groups is 1. The Morgan fingerprint density at radius 1 is 1.46 bits per heavy atom. The van der Waals surface area contributed by atoms with Crippen molar-refractivity contribution >= 4 is 15.7 Å². The molecule has 0 aromatic heterocycles. The lowest BCUT2D eigenvalue weighted by Crippen LogP contribution is -2.47. The molecule has 1 rings (SSSR count). The van der Waals surface area contributed by atoms with E-state index in [9.17, 15) is 8.42 Å². The van der Waals surface area contributed by atoms with Gasteiger partial charge < -0.3 is 10.9 Å². The van der Waals surface area contributed by atoms with Gasteiger partial charge in [-0.1, -0.05) is 18.0 Å². The highest BCUT2D eigenvalue weighted by atomic mass is 32.2. The molecule has 0 radical (unpaired) electrons. The Morgan fingerprint density at radius 3 is 2.23 bits per heavy atom. The van der Waals surface area contributed by atoms with E-state index in [0.717, 1.165) is 19.1 Å². The van der Waals surface area contributed by atoms with E-state index in [4.69, 9.17) is 10.9 Å². The molecule has 0 aliphatic heterocycles. The van der Waals surface area contributed by atoms with E-state index in [0.29, 0.717) is 12.8 Å². The molecule has 0 heterocycles. The second kappa shape index (κ2) is 3.17. The van der Waals surface area contributed by atoms with Crippen LogP contribution in [0.5, 0.6) is 0 Å². The zero-order valence-electron chi connectivity index (χ0n) is 7.52. The molecule has 0 atom stereocenters. The van der Waals surface area contributed by atoms with Crippen LogP contribution in [-0.2, 0) is 9.84 Å². The fourth-order valence-corrected chi connectivity index (χ4v) is 3.31. The molecule has 76 valence electrons. The minimum absolute atomic E-state index is 0.174. The van der Waals surface area contributed by atoms with E-state index >= 15 is 0 Å². The average molecular weight is 206 g/mol. The molecule has 0 aromatic rings. The van der Waals surface area contributed by atoms with Crippen molar-refractivity contribution in [2.24, 2.45) is 10.9 Å². The van der Waals surface area contributed by atoms with Gasteiger partial charge in [0.25, 0.3) is 0 Å². The molecule has 1 aliphatic rings. The highest BCUT2D eigenvalue weighted by Crippen LogP contribution is 2.36. The second-order valence-electron chi connectivity index (χ2n) is 3.46. The maximum Gasteiger partial charge on any atom is 0.160 e. The summed E-state index contributed by atoms with van der Waals surface area (Å²) in [5, 5.41) is 11.3. The Labute approximate surface area is 77.5 Å². The van der Waals surface area contributed by atoms with Crippen molar-refractivity contribution in [2.75, 3.05) is 6.26 Å². The predicted octanol–water partition coefficient (Wildman–Crippen LogP) is 0.0902. The molecule has 1 fully saturated rings. The quantitative estimate of drug-likeness (QED) is 0.290. The van der Waals surface area contributed by atoms with E-state index in [1.165, 1.54) is 0 Å². The summed E-state index contributed by atoms with van der Waals surface area (Å²) in [5.74, 6) is -0.174. The molecule has 5 nitrogen and oxygen atoms in total. The van der Waals surface area contributed by atoms with Gasteiger partial charge in [0.15, 0.2) is 15.7 Å². The van der Waals surface area contributed by atoms with Crippen molar-refractivity contribution < 1.29 is 13.6 Å². The van der Waals surface area contributed by atoms with E-state index in [1.807, 2.05) is 0 Å². The zero-order valence-corrected chi connectivity index (χ0v) is 8.34. The molecule has 0 amide bonds. The Morgan fingerprint density at radius 2 is 1.92 bits per heavy atom. The molecule has 3 N–H and O–H groups in total. The van der Waals surface area contributed by atoms with Crippen LogP contribution in [0.15, 0.2) is 5.16 Å². The number of amidine groups is 1. The van der Waals surface area contributed by atoms with Gasteiger partial charge in [-0.2, -0.15) is 0 Å². The van der Waals surface area contributed by atoms with Crippen molar-refractivity contribution in [3.63, 3.8) is 0 Å². The van der Waals surface area contributed by atoms with E-state index in [2.05, 4.69) is 5.16 Å². The Bertz CT molecular complexity index is 315. The van der Waals surface area contributed by atoms with Gasteiger partial charge in [-0.05, 0) is 12.8 Å². The molecule has 0 bridgehead atoms. The summed E-state index contributed by atoms with van der Waals surface area (Å²) in [5.41, 5.74) is 5.42. The summed E-state index contributed by atoms with van der Waals surface area (Å²) in [6, 6.07) is 0. The van der Waals surface area contributed by atoms with Crippen LogP contribution in [0, 0.1) is 0 Å². The van der Waals surface area contributed by atoms with Crippen LogP contribution in [0.4, 0.5) is 0 Å². The van der Waals surface area contributed by atoms with Crippen LogP contribution < -0.4 is 5.73 Å². The summed E-state index contributed by atoms with van der Waals surface area (Å²) < 4.78 is 21.9. The van der Waals surface area contributed by atoms with Gasteiger partial charge in [0.2, 0.25) is 0 Å². The van der Waals surface area contributed by atoms with E-state index in [1.54, 1.807) is 0 Å². The first kappa shape index (κ1) is 10.3. The number of hydrogen-bond acceptors (Lipinski definition) is 4. The average Bonchev–Trinajstić information content (AvgIpc) is 2.50.